The number of hydrogen-bond donors (Lipinski definition) is 2. The van der Waals surface area contributed by atoms with Crippen molar-refractivity contribution in [2.45, 2.75) is 64.6 Å². The molecular weight excluding hydrogens is 546 g/mol. The molecule has 1 aliphatic heterocycles. The Bertz CT molecular complexity index is 1040. The second kappa shape index (κ2) is 13.4. The van der Waals surface area contributed by atoms with E-state index in [2.05, 4.69) is 34.6 Å². The summed E-state index contributed by atoms with van der Waals surface area (Å²) in [6.45, 7) is 8.79. The van der Waals surface area contributed by atoms with E-state index in [1.807, 2.05) is 5.51 Å². The maximum atomic E-state index is 10.6. The zero-order valence-electron chi connectivity index (χ0n) is 20.6. The Hall–Kier alpha value is -2.72. The fourth-order valence-electron chi connectivity index (χ4n) is 3.56. The Labute approximate surface area is 218 Å². The van der Waals surface area contributed by atoms with Crippen molar-refractivity contribution >= 4 is 23.3 Å². The Morgan fingerprint density at radius 3 is 2.16 bits per heavy atom. The number of alkyl halides is 6. The van der Waals surface area contributed by atoms with Crippen LogP contribution in [-0.2, 0) is 33.8 Å². The monoisotopic (exact) mass is 574 g/mol. The summed E-state index contributed by atoms with van der Waals surface area (Å²) in [7, 11) is 0. The first-order valence-electron chi connectivity index (χ1n) is 11.5. The molecule has 2 aliphatic rings. The number of carboxylic acid groups (broad SMARTS) is 2. The first kappa shape index (κ1) is 31.5. The first-order chi connectivity index (χ1) is 17.6. The van der Waals surface area contributed by atoms with Gasteiger partial charge in [-0.05, 0) is 44.6 Å². The van der Waals surface area contributed by atoms with Crippen LogP contribution in [0.3, 0.4) is 0 Å². The number of nitrogens with zero attached hydrogens (tertiary/aromatic N) is 4. The van der Waals surface area contributed by atoms with E-state index in [0.717, 1.165) is 50.9 Å². The first-order valence-corrected chi connectivity index (χ1v) is 12.4. The lowest BCUT2D eigenvalue weighted by Gasteiger charge is -2.36. The topological polar surface area (TPSA) is 118 Å². The van der Waals surface area contributed by atoms with E-state index in [1.165, 1.54) is 29.0 Å². The predicted octanol–water partition coefficient (Wildman–Crippen LogP) is 4.46. The van der Waals surface area contributed by atoms with Crippen molar-refractivity contribution in [3.63, 3.8) is 0 Å². The highest BCUT2D eigenvalue weighted by Gasteiger charge is 2.39. The van der Waals surface area contributed by atoms with Crippen LogP contribution < -0.4 is 0 Å². The third-order valence-electron chi connectivity index (χ3n) is 5.67. The van der Waals surface area contributed by atoms with Crippen molar-refractivity contribution in [3.8, 4) is 0 Å². The molecule has 214 valence electrons. The summed E-state index contributed by atoms with van der Waals surface area (Å²) in [5.74, 6) is -4.68. The summed E-state index contributed by atoms with van der Waals surface area (Å²) in [5, 5.41) is 19.0. The summed E-state index contributed by atoms with van der Waals surface area (Å²) in [6, 6.07) is 0.302. The summed E-state index contributed by atoms with van der Waals surface area (Å²) in [4.78, 5) is 26.1. The fraction of sp³-hybridized carbons (Fsp3) is 0.636. The van der Waals surface area contributed by atoms with Crippen molar-refractivity contribution < 1.29 is 50.9 Å². The average molecular weight is 575 g/mol. The van der Waals surface area contributed by atoms with Crippen LogP contribution in [0.5, 0.6) is 0 Å². The third kappa shape index (κ3) is 9.54. The smallest absolute Gasteiger partial charge is 0.475 e. The molecule has 0 spiro atoms. The molecular formula is C22H28F6N4O5S. The maximum absolute atomic E-state index is 10.6. The zero-order valence-corrected chi connectivity index (χ0v) is 21.4. The summed E-state index contributed by atoms with van der Waals surface area (Å²) in [6.07, 6.45) is -4.28. The van der Waals surface area contributed by atoms with Gasteiger partial charge in [-0.1, -0.05) is 0 Å². The largest absolute Gasteiger partial charge is 0.490 e. The van der Waals surface area contributed by atoms with Crippen LogP contribution in [0, 0.1) is 12.8 Å². The summed E-state index contributed by atoms with van der Waals surface area (Å²) in [5.41, 5.74) is 5.92. The van der Waals surface area contributed by atoms with Gasteiger partial charge in [0.1, 0.15) is 0 Å². The summed E-state index contributed by atoms with van der Waals surface area (Å²) < 4.78 is 71.6. The average Bonchev–Trinajstić information content (AvgIpc) is 3.41. The van der Waals surface area contributed by atoms with Gasteiger partial charge in [0, 0.05) is 31.1 Å². The summed E-state index contributed by atoms with van der Waals surface area (Å²) >= 11 is 1.76. The number of carbonyl (C=O) groups is 2. The fourth-order valence-corrected chi connectivity index (χ4v) is 4.36. The van der Waals surface area contributed by atoms with E-state index in [9.17, 15) is 26.3 Å². The normalized spacial score (nSPS) is 17.5. The maximum Gasteiger partial charge on any atom is 0.490 e. The van der Waals surface area contributed by atoms with Crippen LogP contribution in [0.15, 0.2) is 11.7 Å². The van der Waals surface area contributed by atoms with Crippen LogP contribution in [0.2, 0.25) is 0 Å². The minimum atomic E-state index is -5.08. The van der Waals surface area contributed by atoms with Gasteiger partial charge in [-0.25, -0.2) is 14.6 Å². The quantitative estimate of drug-likeness (QED) is 0.466. The van der Waals surface area contributed by atoms with Crippen molar-refractivity contribution in [1.82, 2.24) is 19.7 Å². The van der Waals surface area contributed by atoms with Crippen molar-refractivity contribution in [1.29, 1.82) is 0 Å². The van der Waals surface area contributed by atoms with Crippen LogP contribution in [0.25, 0.3) is 0 Å². The molecule has 0 amide bonds. The van der Waals surface area contributed by atoms with Gasteiger partial charge in [-0.3, -0.25) is 9.58 Å². The second-order valence-corrected chi connectivity index (χ2v) is 9.48. The molecule has 4 rings (SSSR count). The standard InChI is InChI=1S/C18H26N4OS.2C2HF3O2/c1-3-23-11-16-18-15(8-20-22(18)9-14-4-5-14)6-7-21(16)10-17-13(2)19-12-24-17;2*3-2(4,5)1(6)7/h8,12,14,16H,3-7,9-11H2,1-2H3;2*(H,6,7). The van der Waals surface area contributed by atoms with E-state index < -0.39 is 24.3 Å². The number of thiazole rings is 1. The van der Waals surface area contributed by atoms with E-state index in [1.54, 1.807) is 11.3 Å². The van der Waals surface area contributed by atoms with Gasteiger partial charge in [0.05, 0.1) is 35.7 Å². The highest BCUT2D eigenvalue weighted by molar-refractivity contribution is 7.09. The highest BCUT2D eigenvalue weighted by Crippen LogP contribution is 2.36. The predicted molar refractivity (Wildman–Crippen MR) is 123 cm³/mol. The number of fused-ring (bicyclic) bond motifs is 1. The molecule has 16 heteroatoms. The number of aryl methyl sites for hydroxylation is 1. The van der Waals surface area contributed by atoms with Gasteiger partial charge < -0.3 is 14.9 Å². The van der Waals surface area contributed by atoms with Crippen molar-refractivity contribution in [3.05, 3.63) is 33.5 Å². The molecule has 2 N–H and O–H groups in total. The van der Waals surface area contributed by atoms with Crippen LogP contribution in [0.1, 0.15) is 47.6 Å². The van der Waals surface area contributed by atoms with Crippen LogP contribution >= 0.6 is 11.3 Å². The van der Waals surface area contributed by atoms with Crippen molar-refractivity contribution in [2.24, 2.45) is 5.92 Å². The molecule has 0 radical (unpaired) electrons. The Kier molecular flexibility index (Phi) is 11.1. The Balaban J connectivity index is 0.000000301. The number of aliphatic carboxylic acids is 2. The Morgan fingerprint density at radius 1 is 1.13 bits per heavy atom. The molecule has 2 aromatic heterocycles. The number of rotatable bonds is 7. The molecule has 1 atom stereocenters. The molecule has 38 heavy (non-hydrogen) atoms. The van der Waals surface area contributed by atoms with Gasteiger partial charge in [0.25, 0.3) is 0 Å². The molecule has 1 unspecified atom stereocenters. The Morgan fingerprint density at radius 2 is 1.71 bits per heavy atom. The van der Waals surface area contributed by atoms with Crippen LogP contribution in [0.4, 0.5) is 26.3 Å². The van der Waals surface area contributed by atoms with Gasteiger partial charge in [0.2, 0.25) is 0 Å². The lowest BCUT2D eigenvalue weighted by atomic mass is 9.99. The van der Waals surface area contributed by atoms with Crippen LogP contribution in [-0.4, -0.2) is 73.9 Å². The molecule has 1 aliphatic carbocycles. The molecule has 1 saturated carbocycles. The van der Waals surface area contributed by atoms with E-state index in [-0.39, 0.29) is 0 Å². The van der Waals surface area contributed by atoms with Crippen molar-refractivity contribution in [2.75, 3.05) is 19.8 Å². The van der Waals surface area contributed by atoms with E-state index in [0.29, 0.717) is 6.04 Å². The number of hydrogen-bond acceptors (Lipinski definition) is 7. The number of carboxylic acids is 2. The molecule has 2 aromatic rings. The molecule has 0 saturated heterocycles. The van der Waals surface area contributed by atoms with Gasteiger partial charge in [0.15, 0.2) is 0 Å². The van der Waals surface area contributed by atoms with Gasteiger partial charge >= 0.3 is 24.3 Å². The third-order valence-corrected chi connectivity index (χ3v) is 6.59. The molecule has 0 aromatic carbocycles. The SMILES string of the molecule is CCOCC1c2c(cnn2CC2CC2)CCN1Cc1scnc1C.O=C(O)C(F)(F)F.O=C(O)C(F)(F)F. The molecule has 3 heterocycles. The second-order valence-electron chi connectivity index (χ2n) is 8.54. The van der Waals surface area contributed by atoms with E-state index in [4.69, 9.17) is 29.6 Å². The number of ether oxygens (including phenoxy) is 1. The number of aromatic nitrogens is 3. The minimum absolute atomic E-state index is 0.302. The highest BCUT2D eigenvalue weighted by atomic mass is 32.1. The zero-order chi connectivity index (χ0) is 28.7. The lowest BCUT2D eigenvalue weighted by molar-refractivity contribution is -0.193. The van der Waals surface area contributed by atoms with Gasteiger partial charge in [-0.15, -0.1) is 11.3 Å². The lowest BCUT2D eigenvalue weighted by Crippen LogP contribution is -2.38. The molecule has 1 fully saturated rings. The molecule has 9 nitrogen and oxygen atoms in total. The van der Waals surface area contributed by atoms with Gasteiger partial charge in [-0.2, -0.15) is 31.4 Å². The van der Waals surface area contributed by atoms with E-state index >= 15 is 0 Å². The molecule has 0 bridgehead atoms. The minimum Gasteiger partial charge on any atom is -0.475 e. The number of halogens is 6.